The molecule has 1 N–H and O–H groups in total. The van der Waals surface area contributed by atoms with Crippen LogP contribution in [0.2, 0.25) is 0 Å². The lowest BCUT2D eigenvalue weighted by molar-refractivity contribution is -0.145. The van der Waals surface area contributed by atoms with Crippen LogP contribution in [-0.4, -0.2) is 28.0 Å². The van der Waals surface area contributed by atoms with Crippen LogP contribution in [0.4, 0.5) is 13.2 Å². The van der Waals surface area contributed by atoms with E-state index in [-0.39, 0.29) is 5.69 Å². The Morgan fingerprint density at radius 1 is 1.42 bits per heavy atom. The van der Waals surface area contributed by atoms with Crippen LogP contribution in [0.3, 0.4) is 0 Å². The summed E-state index contributed by atoms with van der Waals surface area (Å²) in [5.41, 5.74) is -0.0301. The monoisotopic (exact) mass is 275 g/mol. The number of H-pyrrole nitrogens is 1. The van der Waals surface area contributed by atoms with Gasteiger partial charge in [0.05, 0.1) is 5.69 Å². The predicted octanol–water partition coefficient (Wildman–Crippen LogP) is 1.80. The van der Waals surface area contributed by atoms with Crippen LogP contribution in [0, 0.1) is 5.92 Å². The van der Waals surface area contributed by atoms with Crippen molar-refractivity contribution < 1.29 is 13.2 Å². The summed E-state index contributed by atoms with van der Waals surface area (Å²) in [5.74, 6) is -0.784. The van der Waals surface area contributed by atoms with Crippen LogP contribution in [0.5, 0.6) is 0 Å². The van der Waals surface area contributed by atoms with Gasteiger partial charge in [-0.05, 0) is 12.3 Å². The molecule has 2 rings (SSSR count). The van der Waals surface area contributed by atoms with E-state index in [1.807, 2.05) is 23.7 Å². The number of aromatic amines is 1. The zero-order valence-corrected chi connectivity index (χ0v) is 10.8. The Morgan fingerprint density at radius 3 is 2.68 bits per heavy atom. The van der Waals surface area contributed by atoms with Gasteiger partial charge in [0.25, 0.3) is 5.56 Å². The van der Waals surface area contributed by atoms with E-state index in [0.29, 0.717) is 31.0 Å². The van der Waals surface area contributed by atoms with E-state index in [0.717, 1.165) is 6.54 Å². The van der Waals surface area contributed by atoms with Crippen molar-refractivity contribution in [2.24, 2.45) is 5.92 Å². The summed E-state index contributed by atoms with van der Waals surface area (Å²) in [5, 5.41) is 0. The van der Waals surface area contributed by atoms with Gasteiger partial charge >= 0.3 is 6.18 Å². The molecule has 0 saturated carbocycles. The first-order valence-corrected chi connectivity index (χ1v) is 6.19. The molecule has 0 unspecified atom stereocenters. The molecule has 1 aliphatic rings. The van der Waals surface area contributed by atoms with Gasteiger partial charge in [-0.25, -0.2) is 4.98 Å². The van der Waals surface area contributed by atoms with Gasteiger partial charge in [0.15, 0.2) is 0 Å². The summed E-state index contributed by atoms with van der Waals surface area (Å²) in [6.45, 7) is 5.86. The fourth-order valence-electron chi connectivity index (χ4n) is 2.30. The third-order valence-electron chi connectivity index (χ3n) is 3.04. The molecule has 1 aromatic rings. The number of nitrogens with one attached hydrogen (secondary N) is 1. The summed E-state index contributed by atoms with van der Waals surface area (Å²) < 4.78 is 37.8. The number of fused-ring (bicyclic) bond motifs is 1. The number of halogens is 3. The molecule has 0 amide bonds. The molecule has 0 aromatic carbocycles. The highest BCUT2D eigenvalue weighted by Crippen LogP contribution is 2.26. The maximum atomic E-state index is 12.6. The second-order valence-electron chi connectivity index (χ2n) is 5.22. The van der Waals surface area contributed by atoms with Gasteiger partial charge in [-0.15, -0.1) is 0 Å². The van der Waals surface area contributed by atoms with Crippen molar-refractivity contribution in [3.63, 3.8) is 0 Å². The number of aromatic nitrogens is 2. The molecule has 0 atom stereocenters. The molecular weight excluding hydrogens is 259 g/mol. The van der Waals surface area contributed by atoms with Crippen molar-refractivity contribution >= 4 is 0 Å². The van der Waals surface area contributed by atoms with Crippen molar-refractivity contribution in [2.75, 3.05) is 13.1 Å². The molecule has 19 heavy (non-hydrogen) atoms. The van der Waals surface area contributed by atoms with Crippen molar-refractivity contribution in [2.45, 2.75) is 33.0 Å². The lowest BCUT2D eigenvalue weighted by Gasteiger charge is -2.29. The van der Waals surface area contributed by atoms with Crippen LogP contribution in [0.15, 0.2) is 4.79 Å². The number of alkyl halides is 3. The fraction of sp³-hybridized carbons (Fsp3) is 0.667. The quantitative estimate of drug-likeness (QED) is 0.895. The summed E-state index contributed by atoms with van der Waals surface area (Å²) >= 11 is 0. The Bertz CT molecular complexity index is 522. The summed E-state index contributed by atoms with van der Waals surface area (Å²) in [7, 11) is 0. The first kappa shape index (κ1) is 14.0. The Hall–Kier alpha value is -1.37. The first-order chi connectivity index (χ1) is 8.77. The van der Waals surface area contributed by atoms with Gasteiger partial charge in [-0.1, -0.05) is 13.8 Å². The Labute approximate surface area is 108 Å². The van der Waals surface area contributed by atoms with Crippen LogP contribution < -0.4 is 5.56 Å². The van der Waals surface area contributed by atoms with Crippen molar-refractivity contribution in [1.82, 2.24) is 14.9 Å². The van der Waals surface area contributed by atoms with E-state index in [1.54, 1.807) is 0 Å². The molecule has 0 aliphatic carbocycles. The predicted molar refractivity (Wildman–Crippen MR) is 63.7 cm³/mol. The number of hydrogen-bond acceptors (Lipinski definition) is 3. The average Bonchev–Trinajstić information content (AvgIpc) is 2.26. The Kier molecular flexibility index (Phi) is 3.66. The molecule has 1 aromatic heterocycles. The van der Waals surface area contributed by atoms with Crippen molar-refractivity contribution in [3.05, 3.63) is 27.4 Å². The highest BCUT2D eigenvalue weighted by atomic mass is 19.4. The highest BCUT2D eigenvalue weighted by molar-refractivity contribution is 5.21. The van der Waals surface area contributed by atoms with Crippen molar-refractivity contribution in [1.29, 1.82) is 0 Å². The maximum absolute atomic E-state index is 12.6. The first-order valence-electron chi connectivity index (χ1n) is 6.19. The summed E-state index contributed by atoms with van der Waals surface area (Å²) in [4.78, 5) is 19.1. The van der Waals surface area contributed by atoms with E-state index >= 15 is 0 Å². The van der Waals surface area contributed by atoms with Crippen molar-refractivity contribution in [3.8, 4) is 0 Å². The number of hydrogen-bond donors (Lipinski definition) is 1. The lowest BCUT2D eigenvalue weighted by atomic mass is 10.1. The minimum atomic E-state index is -4.62. The van der Waals surface area contributed by atoms with Gasteiger partial charge in [0.2, 0.25) is 5.82 Å². The maximum Gasteiger partial charge on any atom is 0.449 e. The Morgan fingerprint density at radius 2 is 2.11 bits per heavy atom. The van der Waals surface area contributed by atoms with Crippen LogP contribution in [0.1, 0.15) is 30.9 Å². The van der Waals surface area contributed by atoms with E-state index < -0.39 is 17.6 Å². The Balaban J connectivity index is 2.32. The zero-order chi connectivity index (χ0) is 14.2. The second kappa shape index (κ2) is 4.96. The normalized spacial score (nSPS) is 16.7. The van der Waals surface area contributed by atoms with Gasteiger partial charge < -0.3 is 4.98 Å². The van der Waals surface area contributed by atoms with Gasteiger partial charge in [-0.3, -0.25) is 9.69 Å². The van der Waals surface area contributed by atoms with Crippen LogP contribution >= 0.6 is 0 Å². The highest BCUT2D eigenvalue weighted by Gasteiger charge is 2.35. The standard InChI is InChI=1S/C12H16F3N3O/c1-7(2)5-18-4-3-8-9(6-18)16-11(12(13,14)15)17-10(8)19/h7H,3-6H2,1-2H3,(H,16,17,19). The SMILES string of the molecule is CC(C)CN1CCc2c(nc(C(F)(F)F)[nH]c2=O)C1. The smallest absolute Gasteiger partial charge is 0.303 e. The van der Waals surface area contributed by atoms with Gasteiger partial charge in [0, 0.05) is 25.2 Å². The third kappa shape index (κ3) is 3.15. The molecule has 106 valence electrons. The molecule has 4 nitrogen and oxygen atoms in total. The van der Waals surface area contributed by atoms with Gasteiger partial charge in [0.1, 0.15) is 0 Å². The van der Waals surface area contributed by atoms with E-state index in [1.165, 1.54) is 0 Å². The largest absolute Gasteiger partial charge is 0.449 e. The van der Waals surface area contributed by atoms with E-state index in [4.69, 9.17) is 0 Å². The van der Waals surface area contributed by atoms with Crippen LogP contribution in [0.25, 0.3) is 0 Å². The molecule has 0 spiro atoms. The van der Waals surface area contributed by atoms with E-state index in [9.17, 15) is 18.0 Å². The fourth-order valence-corrected chi connectivity index (χ4v) is 2.30. The second-order valence-corrected chi connectivity index (χ2v) is 5.22. The average molecular weight is 275 g/mol. The minimum absolute atomic E-state index is 0.253. The molecule has 0 bridgehead atoms. The third-order valence-corrected chi connectivity index (χ3v) is 3.04. The molecular formula is C12H16F3N3O. The summed E-state index contributed by atoms with van der Waals surface area (Å²) in [6, 6.07) is 0. The molecule has 2 heterocycles. The number of rotatable bonds is 2. The van der Waals surface area contributed by atoms with Gasteiger partial charge in [-0.2, -0.15) is 13.2 Å². The zero-order valence-electron chi connectivity index (χ0n) is 10.8. The summed E-state index contributed by atoms with van der Waals surface area (Å²) in [6.07, 6.45) is -4.17. The topological polar surface area (TPSA) is 49.0 Å². The van der Waals surface area contributed by atoms with E-state index in [2.05, 4.69) is 4.98 Å². The molecule has 7 heteroatoms. The van der Waals surface area contributed by atoms with Crippen LogP contribution in [-0.2, 0) is 19.1 Å². The molecule has 0 radical (unpaired) electrons. The minimum Gasteiger partial charge on any atom is -0.303 e. The molecule has 0 saturated heterocycles. The molecule has 1 aliphatic heterocycles. The molecule has 0 fully saturated rings. The lowest BCUT2D eigenvalue weighted by Crippen LogP contribution is -2.38. The number of nitrogens with zero attached hydrogens (tertiary/aromatic N) is 2.